The Balaban J connectivity index is 1.88. The van der Waals surface area contributed by atoms with Crippen LogP contribution < -0.4 is 5.32 Å². The van der Waals surface area contributed by atoms with E-state index >= 15 is 0 Å². The molecule has 0 aliphatic carbocycles. The predicted octanol–water partition coefficient (Wildman–Crippen LogP) is 2.91. The summed E-state index contributed by atoms with van der Waals surface area (Å²) in [5.74, 6) is -0.0545. The van der Waals surface area contributed by atoms with E-state index in [0.717, 1.165) is 0 Å². The summed E-state index contributed by atoms with van der Waals surface area (Å²) in [6.45, 7) is 1.76. The number of benzene rings is 1. The average Bonchev–Trinajstić information content (AvgIpc) is 2.97. The zero-order valence-electron chi connectivity index (χ0n) is 13.7. The number of carbonyl (C=O) groups is 2. The third-order valence-electron chi connectivity index (χ3n) is 4.32. The van der Waals surface area contributed by atoms with Crippen molar-refractivity contribution in [3.8, 4) is 5.69 Å². The molecule has 1 amide bonds. The number of thioether (sulfide) groups is 1. The van der Waals surface area contributed by atoms with Crippen LogP contribution in [0.15, 0.2) is 30.5 Å². The van der Waals surface area contributed by atoms with Crippen molar-refractivity contribution in [1.82, 2.24) is 15.1 Å². The van der Waals surface area contributed by atoms with Crippen LogP contribution in [0.2, 0.25) is 5.02 Å². The Morgan fingerprint density at radius 2 is 2.00 bits per heavy atom. The molecule has 2 aromatic rings. The van der Waals surface area contributed by atoms with Gasteiger partial charge in [0.2, 0.25) is 0 Å². The first-order valence-electron chi connectivity index (χ1n) is 7.88. The SMILES string of the molecule is Cc1cn(-c2ccccc2Cl)nc1C(=O)NC1(C(=O)O)CCSCC1. The smallest absolute Gasteiger partial charge is 0.329 e. The fourth-order valence-electron chi connectivity index (χ4n) is 2.83. The van der Waals surface area contributed by atoms with Crippen molar-refractivity contribution in [3.63, 3.8) is 0 Å². The van der Waals surface area contributed by atoms with Crippen LogP contribution in [0.25, 0.3) is 5.69 Å². The number of hydrogen-bond acceptors (Lipinski definition) is 4. The molecule has 1 aromatic heterocycles. The van der Waals surface area contributed by atoms with Gasteiger partial charge in [-0.2, -0.15) is 16.9 Å². The number of para-hydroxylation sites is 1. The summed E-state index contributed by atoms with van der Waals surface area (Å²) in [5, 5.41) is 17.1. The van der Waals surface area contributed by atoms with E-state index in [0.29, 0.717) is 40.6 Å². The molecule has 132 valence electrons. The first-order valence-corrected chi connectivity index (χ1v) is 9.41. The summed E-state index contributed by atoms with van der Waals surface area (Å²) in [4.78, 5) is 24.4. The van der Waals surface area contributed by atoms with Gasteiger partial charge in [-0.1, -0.05) is 23.7 Å². The lowest BCUT2D eigenvalue weighted by Gasteiger charge is -2.33. The molecule has 1 aromatic carbocycles. The van der Waals surface area contributed by atoms with E-state index in [4.69, 9.17) is 11.6 Å². The molecule has 2 N–H and O–H groups in total. The lowest BCUT2D eigenvalue weighted by molar-refractivity contribution is -0.144. The Kier molecular flexibility index (Phi) is 5.06. The summed E-state index contributed by atoms with van der Waals surface area (Å²) in [6, 6.07) is 7.19. The number of carboxylic acids is 1. The Bertz CT molecular complexity index is 815. The molecular formula is C17H18ClN3O3S. The van der Waals surface area contributed by atoms with E-state index in [1.807, 2.05) is 12.1 Å². The summed E-state index contributed by atoms with van der Waals surface area (Å²) < 4.78 is 1.54. The number of carbonyl (C=O) groups excluding carboxylic acids is 1. The van der Waals surface area contributed by atoms with Crippen molar-refractivity contribution < 1.29 is 14.7 Å². The molecule has 0 bridgehead atoms. The number of amides is 1. The normalized spacial score (nSPS) is 16.4. The van der Waals surface area contributed by atoms with Crippen molar-refractivity contribution in [2.75, 3.05) is 11.5 Å². The van der Waals surface area contributed by atoms with Crippen molar-refractivity contribution in [2.45, 2.75) is 25.3 Å². The quantitative estimate of drug-likeness (QED) is 0.853. The molecule has 6 nitrogen and oxygen atoms in total. The van der Waals surface area contributed by atoms with E-state index in [2.05, 4.69) is 10.4 Å². The summed E-state index contributed by atoms with van der Waals surface area (Å²) in [7, 11) is 0. The lowest BCUT2D eigenvalue weighted by atomic mass is 9.92. The zero-order chi connectivity index (χ0) is 18.0. The standard InChI is InChI=1S/C17H18ClN3O3S/c1-11-10-21(13-5-3-2-4-12(13)18)20-14(11)15(22)19-17(16(23)24)6-8-25-9-7-17/h2-5,10H,6-9H2,1H3,(H,19,22)(H,23,24). The van der Waals surface area contributed by atoms with E-state index in [1.165, 1.54) is 4.68 Å². The highest BCUT2D eigenvalue weighted by Crippen LogP contribution is 2.28. The number of nitrogens with zero attached hydrogens (tertiary/aromatic N) is 2. The van der Waals surface area contributed by atoms with Gasteiger partial charge in [0.05, 0.1) is 10.7 Å². The van der Waals surface area contributed by atoms with Gasteiger partial charge in [-0.05, 0) is 43.4 Å². The maximum Gasteiger partial charge on any atom is 0.329 e. The maximum absolute atomic E-state index is 12.7. The van der Waals surface area contributed by atoms with E-state index in [-0.39, 0.29) is 5.69 Å². The molecule has 8 heteroatoms. The summed E-state index contributed by atoms with van der Waals surface area (Å²) in [6.07, 6.45) is 2.52. The minimum Gasteiger partial charge on any atom is -0.480 e. The van der Waals surface area contributed by atoms with Gasteiger partial charge in [0.25, 0.3) is 5.91 Å². The molecule has 0 unspecified atom stereocenters. The van der Waals surface area contributed by atoms with Gasteiger partial charge in [0, 0.05) is 11.8 Å². The fourth-order valence-corrected chi connectivity index (χ4v) is 4.25. The van der Waals surface area contributed by atoms with Crippen molar-refractivity contribution in [3.05, 3.63) is 46.7 Å². The van der Waals surface area contributed by atoms with Crippen LogP contribution in [0.3, 0.4) is 0 Å². The molecule has 1 saturated heterocycles. The van der Waals surface area contributed by atoms with Crippen LogP contribution in [0.5, 0.6) is 0 Å². The van der Waals surface area contributed by atoms with Crippen LogP contribution >= 0.6 is 23.4 Å². The largest absolute Gasteiger partial charge is 0.480 e. The van der Waals surface area contributed by atoms with Crippen LogP contribution in [0, 0.1) is 6.92 Å². The highest BCUT2D eigenvalue weighted by atomic mass is 35.5. The van der Waals surface area contributed by atoms with Gasteiger partial charge in [0.15, 0.2) is 5.69 Å². The van der Waals surface area contributed by atoms with Crippen LogP contribution in [-0.4, -0.2) is 43.8 Å². The molecule has 1 aliphatic heterocycles. The number of nitrogens with one attached hydrogen (secondary N) is 1. The predicted molar refractivity (Wildman–Crippen MR) is 97.7 cm³/mol. The molecule has 1 fully saturated rings. The third-order valence-corrected chi connectivity index (χ3v) is 5.63. The van der Waals surface area contributed by atoms with Gasteiger partial charge in [0.1, 0.15) is 5.54 Å². The van der Waals surface area contributed by atoms with E-state index in [9.17, 15) is 14.7 Å². The molecule has 0 saturated carbocycles. The molecule has 2 heterocycles. The van der Waals surface area contributed by atoms with E-state index in [1.54, 1.807) is 37.0 Å². The number of carboxylic acid groups (broad SMARTS) is 1. The minimum absolute atomic E-state index is 0.207. The van der Waals surface area contributed by atoms with Crippen molar-refractivity contribution >= 4 is 35.2 Å². The summed E-state index contributed by atoms with van der Waals surface area (Å²) >= 11 is 7.87. The lowest BCUT2D eigenvalue weighted by Crippen LogP contribution is -2.56. The fraction of sp³-hybridized carbons (Fsp3) is 0.353. The number of rotatable bonds is 4. The zero-order valence-corrected chi connectivity index (χ0v) is 15.2. The second-order valence-corrected chi connectivity index (χ2v) is 7.64. The van der Waals surface area contributed by atoms with Crippen molar-refractivity contribution in [2.24, 2.45) is 0 Å². The highest BCUT2D eigenvalue weighted by molar-refractivity contribution is 7.99. The maximum atomic E-state index is 12.7. The minimum atomic E-state index is -1.22. The number of aromatic nitrogens is 2. The van der Waals surface area contributed by atoms with Gasteiger partial charge >= 0.3 is 5.97 Å². The Morgan fingerprint density at radius 3 is 2.64 bits per heavy atom. The Morgan fingerprint density at radius 1 is 1.32 bits per heavy atom. The van der Waals surface area contributed by atoms with Gasteiger partial charge in [-0.25, -0.2) is 9.48 Å². The van der Waals surface area contributed by atoms with Gasteiger partial charge < -0.3 is 10.4 Å². The number of hydrogen-bond donors (Lipinski definition) is 2. The number of aliphatic carboxylic acids is 1. The number of aryl methyl sites for hydroxylation is 1. The van der Waals surface area contributed by atoms with Gasteiger partial charge in [-0.3, -0.25) is 4.79 Å². The molecule has 3 rings (SSSR count). The Labute approximate surface area is 154 Å². The van der Waals surface area contributed by atoms with E-state index < -0.39 is 17.4 Å². The molecule has 25 heavy (non-hydrogen) atoms. The van der Waals surface area contributed by atoms with Crippen LogP contribution in [-0.2, 0) is 4.79 Å². The number of halogens is 1. The molecule has 1 aliphatic rings. The first-order chi connectivity index (χ1) is 11.9. The first kappa shape index (κ1) is 17.8. The molecule has 0 atom stereocenters. The highest BCUT2D eigenvalue weighted by Gasteiger charge is 2.42. The third kappa shape index (κ3) is 3.52. The second-order valence-electron chi connectivity index (χ2n) is 6.01. The topological polar surface area (TPSA) is 84.2 Å². The van der Waals surface area contributed by atoms with Gasteiger partial charge in [-0.15, -0.1) is 0 Å². The summed E-state index contributed by atoms with van der Waals surface area (Å²) in [5.41, 5.74) is 0.304. The van der Waals surface area contributed by atoms with Crippen molar-refractivity contribution in [1.29, 1.82) is 0 Å². The molecular weight excluding hydrogens is 362 g/mol. The second kappa shape index (κ2) is 7.09. The van der Waals surface area contributed by atoms with Crippen LogP contribution in [0.1, 0.15) is 28.9 Å². The average molecular weight is 380 g/mol. The molecule has 0 radical (unpaired) electrons. The Hall–Kier alpha value is -1.99. The molecule has 0 spiro atoms. The van der Waals surface area contributed by atoms with Crippen LogP contribution in [0.4, 0.5) is 0 Å². The monoisotopic (exact) mass is 379 g/mol.